The number of hydrogen-bond donors (Lipinski definition) is 0. The number of ketones is 1. The lowest BCUT2D eigenvalue weighted by molar-refractivity contribution is 0.102. The molecular weight excluding hydrogens is 390 g/mol. The van der Waals surface area contributed by atoms with Crippen molar-refractivity contribution >= 4 is 17.5 Å². The molecule has 4 aromatic rings. The number of fused-ring (bicyclic) bond motifs is 1. The summed E-state index contributed by atoms with van der Waals surface area (Å²) in [6.45, 7) is 0. The lowest BCUT2D eigenvalue weighted by Crippen LogP contribution is -2.03. The van der Waals surface area contributed by atoms with Crippen LogP contribution in [0.25, 0.3) is 22.6 Å². The fraction of sp³-hybridized carbons (Fsp3) is 0.154. The first kappa shape index (κ1) is 18.9. The molecule has 0 spiro atoms. The van der Waals surface area contributed by atoms with Gasteiger partial charge in [0, 0.05) is 16.7 Å². The fourth-order valence-corrected chi connectivity index (χ4v) is 4.61. The minimum Gasteiger partial charge on any atom is -0.431 e. The molecule has 0 bridgehead atoms. The van der Waals surface area contributed by atoms with Gasteiger partial charge in [-0.1, -0.05) is 84.6 Å². The zero-order valence-corrected chi connectivity index (χ0v) is 17.3. The van der Waals surface area contributed by atoms with Crippen LogP contribution >= 0.6 is 11.8 Å². The first-order chi connectivity index (χ1) is 14.8. The Labute approximate surface area is 180 Å². The second-order valence-electron chi connectivity index (χ2n) is 7.44. The van der Waals surface area contributed by atoms with Crippen LogP contribution in [-0.2, 0) is 12.8 Å². The summed E-state index contributed by atoms with van der Waals surface area (Å²) in [5.74, 6) is 1.14. The maximum atomic E-state index is 12.8. The van der Waals surface area contributed by atoms with Crippen molar-refractivity contribution < 1.29 is 9.21 Å². The summed E-state index contributed by atoms with van der Waals surface area (Å²) in [5.41, 5.74) is 6.25. The van der Waals surface area contributed by atoms with Gasteiger partial charge in [-0.15, -0.1) is 0 Å². The van der Waals surface area contributed by atoms with Crippen LogP contribution in [0.4, 0.5) is 0 Å². The third-order valence-electron chi connectivity index (χ3n) is 5.44. The van der Waals surface area contributed by atoms with E-state index in [4.69, 9.17) is 9.40 Å². The first-order valence-corrected chi connectivity index (χ1v) is 11.2. The van der Waals surface area contributed by atoms with Crippen LogP contribution in [0.5, 0.6) is 0 Å². The van der Waals surface area contributed by atoms with Gasteiger partial charge in [-0.25, -0.2) is 4.98 Å². The molecule has 1 heterocycles. The van der Waals surface area contributed by atoms with Crippen molar-refractivity contribution in [2.75, 3.05) is 5.75 Å². The number of rotatable bonds is 6. The SMILES string of the molecule is O=C(CSc1nc(-c2ccccc2)c(-c2ccccc2)o1)c1ccc2c(c1)CCC2. The van der Waals surface area contributed by atoms with Gasteiger partial charge < -0.3 is 4.42 Å². The lowest BCUT2D eigenvalue weighted by atomic mass is 10.0. The number of oxazole rings is 1. The smallest absolute Gasteiger partial charge is 0.257 e. The quantitative estimate of drug-likeness (QED) is 0.269. The highest BCUT2D eigenvalue weighted by Crippen LogP contribution is 2.35. The number of carbonyl (C=O) groups excluding carboxylic acids is 1. The minimum absolute atomic E-state index is 0.107. The molecular formula is C26H21NO2S. The van der Waals surface area contributed by atoms with E-state index >= 15 is 0 Å². The molecule has 1 aliphatic rings. The molecule has 0 fully saturated rings. The van der Waals surface area contributed by atoms with Crippen LogP contribution in [0.15, 0.2) is 88.5 Å². The third-order valence-corrected chi connectivity index (χ3v) is 6.27. The number of nitrogens with zero attached hydrogens (tertiary/aromatic N) is 1. The Morgan fingerprint density at radius 2 is 1.57 bits per heavy atom. The Hall–Kier alpha value is -3.11. The van der Waals surface area contributed by atoms with E-state index < -0.39 is 0 Å². The van der Waals surface area contributed by atoms with E-state index in [1.807, 2.05) is 66.7 Å². The van der Waals surface area contributed by atoms with E-state index in [1.54, 1.807) is 0 Å². The molecule has 0 amide bonds. The molecule has 0 unspecified atom stereocenters. The maximum Gasteiger partial charge on any atom is 0.257 e. The standard InChI is InChI=1S/C26H21NO2S/c28-23(22-15-14-18-12-7-13-21(18)16-22)17-30-26-27-24(19-8-3-1-4-9-19)25(29-26)20-10-5-2-6-11-20/h1-6,8-11,14-16H,7,12-13,17H2. The molecule has 1 aliphatic carbocycles. The van der Waals surface area contributed by atoms with E-state index in [2.05, 4.69) is 12.1 Å². The molecule has 0 aliphatic heterocycles. The van der Waals surface area contributed by atoms with Crippen molar-refractivity contribution in [3.8, 4) is 22.6 Å². The zero-order chi connectivity index (χ0) is 20.3. The van der Waals surface area contributed by atoms with Crippen LogP contribution in [0.3, 0.4) is 0 Å². The second kappa shape index (κ2) is 8.33. The largest absolute Gasteiger partial charge is 0.431 e. The van der Waals surface area contributed by atoms with E-state index in [0.717, 1.165) is 41.0 Å². The van der Waals surface area contributed by atoms with E-state index in [-0.39, 0.29) is 5.78 Å². The van der Waals surface area contributed by atoms with Crippen LogP contribution < -0.4 is 0 Å². The van der Waals surface area contributed by atoms with Crippen molar-refractivity contribution in [2.45, 2.75) is 24.5 Å². The Morgan fingerprint density at radius 1 is 0.867 bits per heavy atom. The van der Waals surface area contributed by atoms with Crippen molar-refractivity contribution in [3.05, 3.63) is 95.6 Å². The average molecular weight is 412 g/mol. The maximum absolute atomic E-state index is 12.8. The van der Waals surface area contributed by atoms with Crippen LogP contribution in [-0.4, -0.2) is 16.5 Å². The van der Waals surface area contributed by atoms with Gasteiger partial charge in [-0.3, -0.25) is 4.79 Å². The van der Waals surface area contributed by atoms with E-state index in [1.165, 1.54) is 29.3 Å². The van der Waals surface area contributed by atoms with Crippen molar-refractivity contribution in [1.29, 1.82) is 0 Å². The number of aromatic nitrogens is 1. The molecule has 4 heteroatoms. The van der Waals surface area contributed by atoms with Crippen molar-refractivity contribution in [1.82, 2.24) is 4.98 Å². The highest BCUT2D eigenvalue weighted by Gasteiger charge is 2.19. The monoisotopic (exact) mass is 411 g/mol. The average Bonchev–Trinajstić information content (AvgIpc) is 3.45. The topological polar surface area (TPSA) is 43.1 Å². The zero-order valence-electron chi connectivity index (χ0n) is 16.5. The fourth-order valence-electron chi connectivity index (χ4n) is 3.89. The Kier molecular flexibility index (Phi) is 5.24. The molecule has 0 atom stereocenters. The number of hydrogen-bond acceptors (Lipinski definition) is 4. The van der Waals surface area contributed by atoms with E-state index in [0.29, 0.717) is 11.0 Å². The Morgan fingerprint density at radius 3 is 2.33 bits per heavy atom. The normalized spacial score (nSPS) is 12.7. The van der Waals surface area contributed by atoms with Gasteiger partial charge in [0.05, 0.1) is 5.75 Å². The molecule has 0 saturated carbocycles. The Balaban J connectivity index is 1.40. The Bertz CT molecular complexity index is 1130. The minimum atomic E-state index is 0.107. The summed E-state index contributed by atoms with van der Waals surface area (Å²) >= 11 is 1.35. The van der Waals surface area contributed by atoms with Crippen LogP contribution in [0.2, 0.25) is 0 Å². The highest BCUT2D eigenvalue weighted by atomic mass is 32.2. The van der Waals surface area contributed by atoms with Gasteiger partial charge >= 0.3 is 0 Å². The molecule has 0 saturated heterocycles. The predicted octanol–water partition coefficient (Wildman–Crippen LogP) is 6.47. The predicted molar refractivity (Wildman–Crippen MR) is 121 cm³/mol. The number of benzene rings is 3. The molecule has 0 radical (unpaired) electrons. The van der Waals surface area contributed by atoms with Crippen molar-refractivity contribution in [2.24, 2.45) is 0 Å². The van der Waals surface area contributed by atoms with Crippen LogP contribution in [0.1, 0.15) is 27.9 Å². The first-order valence-electron chi connectivity index (χ1n) is 10.2. The van der Waals surface area contributed by atoms with Gasteiger partial charge in [0.25, 0.3) is 5.22 Å². The van der Waals surface area contributed by atoms with Gasteiger partial charge in [-0.05, 0) is 36.5 Å². The van der Waals surface area contributed by atoms with Gasteiger partial charge in [0.1, 0.15) is 5.69 Å². The molecule has 148 valence electrons. The van der Waals surface area contributed by atoms with Gasteiger partial charge in [-0.2, -0.15) is 0 Å². The highest BCUT2D eigenvalue weighted by molar-refractivity contribution is 7.99. The summed E-state index contributed by atoms with van der Waals surface area (Å²) in [6.07, 6.45) is 3.38. The molecule has 3 aromatic carbocycles. The lowest BCUT2D eigenvalue weighted by Gasteiger charge is -2.03. The summed E-state index contributed by atoms with van der Waals surface area (Å²) in [5, 5.41) is 0.516. The van der Waals surface area contributed by atoms with E-state index in [9.17, 15) is 4.79 Å². The number of Topliss-reactive ketones (excluding diaryl/α,β-unsaturated/α-hetero) is 1. The van der Waals surface area contributed by atoms with Crippen LogP contribution in [0, 0.1) is 0 Å². The molecule has 30 heavy (non-hydrogen) atoms. The number of thioether (sulfide) groups is 1. The molecule has 5 rings (SSSR count). The summed E-state index contributed by atoms with van der Waals surface area (Å²) < 4.78 is 6.12. The summed E-state index contributed by atoms with van der Waals surface area (Å²) in [6, 6.07) is 26.1. The number of aryl methyl sites for hydroxylation is 2. The van der Waals surface area contributed by atoms with Gasteiger partial charge in [0.2, 0.25) is 0 Å². The number of carbonyl (C=O) groups is 1. The third kappa shape index (κ3) is 3.83. The summed E-state index contributed by atoms with van der Waals surface area (Å²) in [7, 11) is 0. The molecule has 1 aromatic heterocycles. The summed E-state index contributed by atoms with van der Waals surface area (Å²) in [4.78, 5) is 17.5. The second-order valence-corrected chi connectivity index (χ2v) is 8.37. The van der Waals surface area contributed by atoms with Gasteiger partial charge in [0.15, 0.2) is 11.5 Å². The van der Waals surface area contributed by atoms with Crippen molar-refractivity contribution in [3.63, 3.8) is 0 Å². The molecule has 3 nitrogen and oxygen atoms in total. The molecule has 0 N–H and O–H groups in total.